The monoisotopic (exact) mass is 569 g/mol. The molecule has 1 aromatic rings. The van der Waals surface area contributed by atoms with Crippen LogP contribution in [-0.2, 0) is 19.1 Å². The van der Waals surface area contributed by atoms with Gasteiger partial charge < -0.3 is 30.3 Å². The van der Waals surface area contributed by atoms with Gasteiger partial charge in [-0.3, -0.25) is 19.3 Å². The zero-order valence-electron chi connectivity index (χ0n) is 24.8. The summed E-state index contributed by atoms with van der Waals surface area (Å²) < 4.78 is 11.8. The SMILES string of the molecule is CCOC1CC2CN(C(=O)C(NC(=O)C(C)NC)C3CCCCC3)C(C(=O)NC3CCOc4ccccc43)CN2C1. The number of carbonyl (C=O) groups is 3. The van der Waals surface area contributed by atoms with Crippen LogP contribution in [-0.4, -0.2) is 97.7 Å². The van der Waals surface area contributed by atoms with Crippen LogP contribution in [0, 0.1) is 5.92 Å². The van der Waals surface area contributed by atoms with Crippen molar-refractivity contribution in [2.24, 2.45) is 5.92 Å². The van der Waals surface area contributed by atoms with E-state index in [4.69, 9.17) is 9.47 Å². The van der Waals surface area contributed by atoms with Crippen LogP contribution < -0.4 is 20.7 Å². The number of benzene rings is 1. The number of ether oxygens (including phenoxy) is 2. The molecular weight excluding hydrogens is 522 g/mol. The highest BCUT2D eigenvalue weighted by Gasteiger charge is 2.47. The Balaban J connectivity index is 1.40. The van der Waals surface area contributed by atoms with Crippen LogP contribution in [0.4, 0.5) is 0 Å². The Labute approximate surface area is 243 Å². The first-order chi connectivity index (χ1) is 19.9. The smallest absolute Gasteiger partial charge is 0.246 e. The van der Waals surface area contributed by atoms with Crippen molar-refractivity contribution < 1.29 is 23.9 Å². The number of carbonyl (C=O) groups excluding carboxylic acids is 3. The van der Waals surface area contributed by atoms with Crippen LogP contribution in [0.2, 0.25) is 0 Å². The highest BCUT2D eigenvalue weighted by molar-refractivity contribution is 5.93. The number of fused-ring (bicyclic) bond motifs is 2. The van der Waals surface area contributed by atoms with Gasteiger partial charge >= 0.3 is 0 Å². The summed E-state index contributed by atoms with van der Waals surface area (Å²) in [6.07, 6.45) is 6.64. The molecule has 10 nitrogen and oxygen atoms in total. The average Bonchev–Trinajstić information content (AvgIpc) is 3.40. The zero-order valence-corrected chi connectivity index (χ0v) is 24.8. The van der Waals surface area contributed by atoms with Gasteiger partial charge in [-0.2, -0.15) is 0 Å². The van der Waals surface area contributed by atoms with E-state index in [1.807, 2.05) is 31.2 Å². The van der Waals surface area contributed by atoms with Gasteiger partial charge in [0, 0.05) is 44.3 Å². The lowest BCUT2D eigenvalue weighted by Crippen LogP contribution is -2.66. The third-order valence-corrected chi connectivity index (χ3v) is 9.46. The maximum atomic E-state index is 14.5. The third kappa shape index (κ3) is 6.70. The van der Waals surface area contributed by atoms with Gasteiger partial charge in [0.1, 0.15) is 17.8 Å². The van der Waals surface area contributed by atoms with Crippen LogP contribution in [0.15, 0.2) is 24.3 Å². The van der Waals surface area contributed by atoms with Gasteiger partial charge in [-0.25, -0.2) is 0 Å². The fraction of sp³-hybridized carbons (Fsp3) is 0.710. The minimum absolute atomic E-state index is 0.0631. The normalized spacial score (nSPS) is 28.1. The first-order valence-electron chi connectivity index (χ1n) is 15.6. The van der Waals surface area contributed by atoms with E-state index >= 15 is 0 Å². The zero-order chi connectivity index (χ0) is 28.9. The molecule has 41 heavy (non-hydrogen) atoms. The molecule has 6 unspecified atom stereocenters. The lowest BCUT2D eigenvalue weighted by molar-refractivity contribution is -0.149. The molecule has 226 valence electrons. The van der Waals surface area contributed by atoms with Gasteiger partial charge in [0.25, 0.3) is 0 Å². The van der Waals surface area contributed by atoms with Gasteiger partial charge in [0.15, 0.2) is 0 Å². The molecule has 1 aliphatic carbocycles. The van der Waals surface area contributed by atoms with E-state index in [2.05, 4.69) is 20.9 Å². The minimum atomic E-state index is -0.654. The summed E-state index contributed by atoms with van der Waals surface area (Å²) in [6.45, 7) is 6.62. The Morgan fingerprint density at radius 1 is 1.07 bits per heavy atom. The maximum absolute atomic E-state index is 14.5. The number of amides is 3. The molecule has 1 saturated carbocycles. The second-order valence-corrected chi connectivity index (χ2v) is 12.1. The van der Waals surface area contributed by atoms with Crippen molar-refractivity contribution in [1.29, 1.82) is 0 Å². The van der Waals surface area contributed by atoms with Crippen molar-refractivity contribution in [3.8, 4) is 5.75 Å². The fourth-order valence-electron chi connectivity index (χ4n) is 7.05. The molecule has 0 bridgehead atoms. The molecule has 3 amide bonds. The number of hydrogen-bond acceptors (Lipinski definition) is 7. The number of likely N-dealkylation sites (N-methyl/N-ethyl adjacent to an activating group) is 1. The number of para-hydroxylation sites is 1. The molecule has 1 aromatic carbocycles. The second kappa shape index (κ2) is 13.5. The molecular formula is C31H47N5O5. The molecule has 3 N–H and O–H groups in total. The summed E-state index contributed by atoms with van der Waals surface area (Å²) in [5, 5.41) is 9.35. The van der Waals surface area contributed by atoms with Crippen LogP contribution in [0.3, 0.4) is 0 Å². The molecule has 0 radical (unpaired) electrons. The summed E-state index contributed by atoms with van der Waals surface area (Å²) in [5.41, 5.74) is 0.963. The van der Waals surface area contributed by atoms with E-state index in [-0.39, 0.29) is 41.8 Å². The molecule has 3 aliphatic heterocycles. The first kappa shape index (κ1) is 29.8. The Hall–Kier alpha value is -2.69. The van der Waals surface area contributed by atoms with Gasteiger partial charge in [-0.1, -0.05) is 37.5 Å². The van der Waals surface area contributed by atoms with Gasteiger partial charge in [0.2, 0.25) is 17.7 Å². The van der Waals surface area contributed by atoms with Crippen molar-refractivity contribution in [3.05, 3.63) is 29.8 Å². The topological polar surface area (TPSA) is 112 Å². The van der Waals surface area contributed by atoms with Crippen LogP contribution in [0.25, 0.3) is 0 Å². The van der Waals surface area contributed by atoms with E-state index in [0.717, 1.165) is 56.4 Å². The van der Waals surface area contributed by atoms with Crippen LogP contribution >= 0.6 is 0 Å². The summed E-state index contributed by atoms with van der Waals surface area (Å²) in [4.78, 5) is 45.7. The molecule has 4 aliphatic rings. The lowest BCUT2D eigenvalue weighted by Gasteiger charge is -2.45. The third-order valence-electron chi connectivity index (χ3n) is 9.46. The van der Waals surface area contributed by atoms with Crippen molar-refractivity contribution in [2.45, 2.75) is 95.1 Å². The Morgan fingerprint density at radius 2 is 1.85 bits per heavy atom. The first-order valence-corrected chi connectivity index (χ1v) is 15.6. The second-order valence-electron chi connectivity index (χ2n) is 12.1. The lowest BCUT2D eigenvalue weighted by atomic mass is 9.82. The quantitative estimate of drug-likeness (QED) is 0.417. The highest BCUT2D eigenvalue weighted by Crippen LogP contribution is 2.34. The van der Waals surface area contributed by atoms with E-state index in [0.29, 0.717) is 32.7 Å². The largest absolute Gasteiger partial charge is 0.493 e. The minimum Gasteiger partial charge on any atom is -0.493 e. The summed E-state index contributed by atoms with van der Waals surface area (Å²) in [7, 11) is 1.74. The molecule has 5 rings (SSSR count). The molecule has 2 saturated heterocycles. The van der Waals surface area contributed by atoms with Crippen molar-refractivity contribution in [1.82, 2.24) is 25.8 Å². The van der Waals surface area contributed by atoms with Crippen molar-refractivity contribution >= 4 is 17.7 Å². The molecule has 0 aromatic heterocycles. The van der Waals surface area contributed by atoms with Crippen LogP contribution in [0.1, 0.15) is 70.4 Å². The van der Waals surface area contributed by atoms with E-state index in [1.54, 1.807) is 18.9 Å². The molecule has 0 spiro atoms. The number of rotatable bonds is 9. The standard InChI is InChI=1S/C31H47N5O5/c1-4-40-23-16-22-17-36(31(39)28(21-10-6-5-7-11-21)34-29(37)20(2)32-3)26(19-35(22)18-23)30(38)33-25-14-15-41-27-13-9-8-12-24(25)27/h8-9,12-13,20-23,25-26,28,32H,4-7,10-11,14-19H2,1-3H3,(H,33,38)(H,34,37). The van der Waals surface area contributed by atoms with Crippen LogP contribution in [0.5, 0.6) is 5.75 Å². The Kier molecular flexibility index (Phi) is 9.83. The molecule has 3 heterocycles. The average molecular weight is 570 g/mol. The fourth-order valence-corrected chi connectivity index (χ4v) is 7.05. The number of nitrogens with one attached hydrogen (secondary N) is 3. The van der Waals surface area contributed by atoms with Crippen molar-refractivity contribution in [2.75, 3.05) is 39.9 Å². The molecule has 3 fully saturated rings. The van der Waals surface area contributed by atoms with E-state index in [9.17, 15) is 14.4 Å². The Morgan fingerprint density at radius 3 is 2.61 bits per heavy atom. The number of nitrogens with zero attached hydrogens (tertiary/aromatic N) is 2. The van der Waals surface area contributed by atoms with Gasteiger partial charge in [-0.15, -0.1) is 0 Å². The number of hydrogen-bond donors (Lipinski definition) is 3. The summed E-state index contributed by atoms with van der Waals surface area (Å²) in [6, 6.07) is 6.04. The summed E-state index contributed by atoms with van der Waals surface area (Å²) >= 11 is 0. The highest BCUT2D eigenvalue weighted by atomic mass is 16.5. The molecule has 6 atom stereocenters. The van der Waals surface area contributed by atoms with E-state index < -0.39 is 18.1 Å². The summed E-state index contributed by atoms with van der Waals surface area (Å²) in [5.74, 6) is 0.370. The van der Waals surface area contributed by atoms with E-state index in [1.165, 1.54) is 0 Å². The maximum Gasteiger partial charge on any atom is 0.246 e. The predicted octanol–water partition coefficient (Wildman–Crippen LogP) is 1.99. The Bertz CT molecular complexity index is 1080. The molecule has 10 heteroatoms. The number of piperazine rings is 1. The van der Waals surface area contributed by atoms with Crippen molar-refractivity contribution in [3.63, 3.8) is 0 Å². The predicted molar refractivity (Wildman–Crippen MR) is 155 cm³/mol. The van der Waals surface area contributed by atoms with Gasteiger partial charge in [0.05, 0.1) is 24.8 Å². The van der Waals surface area contributed by atoms with Gasteiger partial charge in [-0.05, 0) is 52.1 Å².